The van der Waals surface area contributed by atoms with Crippen LogP contribution in [0.5, 0.6) is 5.75 Å². The van der Waals surface area contributed by atoms with E-state index < -0.39 is 132 Å². The maximum absolute atomic E-state index is 15.4. The van der Waals surface area contributed by atoms with E-state index in [0.29, 0.717) is 48.0 Å². The van der Waals surface area contributed by atoms with Gasteiger partial charge in [0.2, 0.25) is 23.6 Å². The van der Waals surface area contributed by atoms with Crippen LogP contribution in [0.15, 0.2) is 127 Å². The number of aliphatic hydroxyl groups excluding tert-OH is 1. The summed E-state index contributed by atoms with van der Waals surface area (Å²) in [5.41, 5.74) is 7.86. The third kappa shape index (κ3) is 20.0. The molecule has 5 amide bonds. The number of hydrogen-bond acceptors (Lipinski definition) is 17. The highest BCUT2D eigenvalue weighted by Crippen LogP contribution is 2.42. The summed E-state index contributed by atoms with van der Waals surface area (Å²) in [6.45, 7) is 2.57. The molecule has 11 atom stereocenters. The number of aromatic hydroxyl groups is 1. The molecular formula is C68H80N6O13S4. The molecule has 0 aromatic heterocycles. The van der Waals surface area contributed by atoms with Crippen LogP contribution in [0.3, 0.4) is 0 Å². The van der Waals surface area contributed by atoms with E-state index in [1.807, 2.05) is 18.2 Å². The van der Waals surface area contributed by atoms with Crippen molar-refractivity contribution in [2.45, 2.75) is 118 Å². The van der Waals surface area contributed by atoms with Gasteiger partial charge in [0.05, 0.1) is 35.9 Å². The molecule has 3 fully saturated rings. The van der Waals surface area contributed by atoms with Crippen LogP contribution in [-0.2, 0) is 62.4 Å². The number of aliphatic hydroxyl groups is 1. The molecule has 8 rings (SSSR count). The topological polar surface area (TPSA) is 300 Å². The minimum absolute atomic E-state index is 0.00588. The molecule has 2 unspecified atom stereocenters. The number of fused-ring (bicyclic) bond motifs is 2. The molecule has 0 spiro atoms. The van der Waals surface area contributed by atoms with Crippen LogP contribution in [0.2, 0.25) is 0 Å². The molecule has 91 heavy (non-hydrogen) atoms. The number of unbranched alkanes of at least 4 members (excludes halogenated alkanes) is 1. The molecule has 8 N–H and O–H groups in total. The summed E-state index contributed by atoms with van der Waals surface area (Å²) in [5, 5.41) is 43.7. The number of likely N-dealkylation sites (N-methyl/N-ethyl adjacent to an activating group) is 1. The molecule has 0 saturated carbocycles. The van der Waals surface area contributed by atoms with E-state index in [1.54, 1.807) is 125 Å². The van der Waals surface area contributed by atoms with Crippen molar-refractivity contribution in [2.75, 3.05) is 43.3 Å². The van der Waals surface area contributed by atoms with Gasteiger partial charge in [0.15, 0.2) is 11.6 Å². The number of hydrogen-bond donors (Lipinski definition) is 7. The number of nitrogens with zero attached hydrogens (tertiary/aromatic N) is 2. The molecule has 484 valence electrons. The summed E-state index contributed by atoms with van der Waals surface area (Å²) >= 11 is 3.55. The number of phenols is 1. The lowest BCUT2D eigenvalue weighted by atomic mass is 9.81. The van der Waals surface area contributed by atoms with Gasteiger partial charge in [-0.2, -0.15) is 0 Å². The fourth-order valence-electron chi connectivity index (χ4n) is 11.7. The van der Waals surface area contributed by atoms with Crippen molar-refractivity contribution < 1.29 is 63.3 Å². The van der Waals surface area contributed by atoms with Gasteiger partial charge >= 0.3 is 5.97 Å². The summed E-state index contributed by atoms with van der Waals surface area (Å²) in [7, 11) is 3.58. The van der Waals surface area contributed by atoms with Gasteiger partial charge in [-0.1, -0.05) is 125 Å². The Morgan fingerprint density at radius 1 is 0.615 bits per heavy atom. The van der Waals surface area contributed by atoms with E-state index in [0.717, 1.165) is 37.0 Å². The van der Waals surface area contributed by atoms with Crippen LogP contribution in [-0.4, -0.2) is 168 Å². The highest BCUT2D eigenvalue weighted by atomic mass is 33.1. The van der Waals surface area contributed by atoms with Crippen molar-refractivity contribution in [1.82, 2.24) is 25.8 Å². The van der Waals surface area contributed by atoms with Crippen LogP contribution >= 0.6 is 45.1 Å². The first-order valence-electron chi connectivity index (χ1n) is 30.7. The van der Waals surface area contributed by atoms with E-state index in [9.17, 15) is 48.9 Å². The molecule has 0 radical (unpaired) electrons. The standard InChI is InChI=1S/C68H80N6O13S4/c1-41(75)52-34-59(79)53(19-11-12-26-69)70-66(84)56(73(2)67(85)47-23-22-45-17-9-10-18-46(45)30-47)35-60(80)54(28-44-20-24-51(76)25-21-44)71-65(83)55(29-43-15-7-4-8-16-43)72-64(82)49(33-63(81)74-36-61-62(37-74)89-40-88-61)38-90-91-39-50(68(86)87)32-57(77)48(31-58(52)78)27-42-13-5-3-6-14-42/h3-10,13-18,20-25,30,41,48-50,52-56,61-62,75-76H,11-12,19,26-29,31-40,69H2,1-2H3,(H,70,84)(H,71,83)(H,72,82)(H,86,87)/t41?,48-,49-,50+,52+,53+,54+,55+,56+,61+,62?/m1/s1. The monoisotopic (exact) mass is 1320 g/mol. The summed E-state index contributed by atoms with van der Waals surface area (Å²) in [5.74, 6) is -12.2. The number of carboxylic acids is 1. The lowest BCUT2D eigenvalue weighted by Gasteiger charge is -2.31. The highest BCUT2D eigenvalue weighted by molar-refractivity contribution is 8.76. The van der Waals surface area contributed by atoms with Crippen molar-refractivity contribution in [3.05, 3.63) is 150 Å². The van der Waals surface area contributed by atoms with E-state index >= 15 is 14.4 Å². The van der Waals surface area contributed by atoms with Crippen molar-refractivity contribution >= 4 is 115 Å². The second-order valence-electron chi connectivity index (χ2n) is 23.8. The number of nitrogens with two attached hydrogens (primary N) is 1. The number of ketones is 4. The van der Waals surface area contributed by atoms with Gasteiger partial charge in [-0.05, 0) is 97.3 Å². The van der Waals surface area contributed by atoms with Crippen LogP contribution in [0, 0.1) is 23.7 Å². The first kappa shape index (κ1) is 69.9. The largest absolute Gasteiger partial charge is 0.508 e. The van der Waals surface area contributed by atoms with Crippen molar-refractivity contribution in [3.63, 3.8) is 0 Å². The minimum atomic E-state index is -1.66. The van der Waals surface area contributed by atoms with Crippen molar-refractivity contribution in [2.24, 2.45) is 29.4 Å². The van der Waals surface area contributed by atoms with Crippen LogP contribution in [0.4, 0.5) is 0 Å². The fourth-order valence-corrected chi connectivity index (χ4v) is 17.6. The zero-order chi connectivity index (χ0) is 65.1. The smallest absolute Gasteiger partial charge is 0.307 e. The third-order valence-electron chi connectivity index (χ3n) is 17.1. The molecule has 3 heterocycles. The predicted molar refractivity (Wildman–Crippen MR) is 356 cm³/mol. The van der Waals surface area contributed by atoms with E-state index in [-0.39, 0.29) is 77.9 Å². The molecule has 23 heteroatoms. The van der Waals surface area contributed by atoms with Crippen LogP contribution < -0.4 is 21.7 Å². The zero-order valence-electron chi connectivity index (χ0n) is 51.0. The summed E-state index contributed by atoms with van der Waals surface area (Å²) in [4.78, 5) is 150. The Hall–Kier alpha value is -7.02. The molecule has 0 aliphatic carbocycles. The predicted octanol–water partition coefficient (Wildman–Crippen LogP) is 6.87. The number of likely N-dealkylation sites (tertiary alicyclic amines) is 1. The number of aliphatic carboxylic acids is 1. The number of nitrogens with one attached hydrogen (secondary N) is 3. The van der Waals surface area contributed by atoms with E-state index in [1.165, 1.54) is 26.1 Å². The molecule has 19 nitrogen and oxygen atoms in total. The Morgan fingerprint density at radius 3 is 1.85 bits per heavy atom. The van der Waals surface area contributed by atoms with Crippen molar-refractivity contribution in [1.29, 1.82) is 0 Å². The van der Waals surface area contributed by atoms with Gasteiger partial charge < -0.3 is 46.8 Å². The average Bonchev–Trinajstić information content (AvgIpc) is 2.76. The lowest BCUT2D eigenvalue weighted by Crippen LogP contribution is -2.56. The second kappa shape index (κ2) is 34.0. The molecule has 0 bridgehead atoms. The van der Waals surface area contributed by atoms with Gasteiger partial charge in [-0.3, -0.25) is 47.9 Å². The molecule has 5 aromatic rings. The number of amides is 5. The maximum Gasteiger partial charge on any atom is 0.307 e. The molecule has 3 saturated heterocycles. The van der Waals surface area contributed by atoms with Crippen molar-refractivity contribution in [3.8, 4) is 5.75 Å². The van der Waals surface area contributed by atoms with Crippen LogP contribution in [0.1, 0.15) is 85.3 Å². The summed E-state index contributed by atoms with van der Waals surface area (Å²) in [6, 6.07) is 30.0. The second-order valence-corrected chi connectivity index (χ2v) is 29.1. The molecule has 3 aliphatic heterocycles. The van der Waals surface area contributed by atoms with Gasteiger partial charge in [-0.15, -0.1) is 23.5 Å². The Labute approximate surface area is 546 Å². The molecule has 5 aromatic carbocycles. The summed E-state index contributed by atoms with van der Waals surface area (Å²) < 4.78 is 0. The first-order chi connectivity index (χ1) is 43.7. The van der Waals surface area contributed by atoms with Gasteiger partial charge in [0, 0.05) is 97.2 Å². The Morgan fingerprint density at radius 2 is 1.20 bits per heavy atom. The quantitative estimate of drug-likeness (QED) is 0.0392. The lowest BCUT2D eigenvalue weighted by molar-refractivity contribution is -0.143. The Kier molecular flexibility index (Phi) is 26.1. The Balaban J connectivity index is 1.20. The Bertz CT molecular complexity index is 3370. The number of benzene rings is 5. The number of carbonyl (C=O) groups excluding carboxylic acids is 9. The number of phenolic OH excluding ortho intramolecular Hbond substituents is 1. The van der Waals surface area contributed by atoms with Gasteiger partial charge in [-0.25, -0.2) is 0 Å². The van der Waals surface area contributed by atoms with Gasteiger partial charge in [0.25, 0.3) is 5.91 Å². The number of Topliss-reactive ketones (excluding diaryl/α,β-unsaturated/α-hetero) is 4. The number of carboxylic acid groups (broad SMARTS) is 1. The maximum atomic E-state index is 15.4. The fraction of sp³-hybridized carbons (Fsp3) is 0.441. The average molecular weight is 1320 g/mol. The van der Waals surface area contributed by atoms with Crippen LogP contribution in [0.25, 0.3) is 10.8 Å². The van der Waals surface area contributed by atoms with Gasteiger partial charge in [0.1, 0.15) is 29.4 Å². The molecule has 3 aliphatic rings. The number of thioether (sulfide) groups is 2. The SMILES string of the molecule is CC(O)[C@@H]1CC(=O)[C@H](CCCCN)NC(=O)[C@@H](N(C)C(=O)c2ccc3ccccc3c2)CC(=O)[C@H](Cc2ccc(O)cc2)NC(=O)[C@H](Cc2ccccc2)NC(=O)[C@H](CC(=O)N2CC3SCS[C@H]3C2)CSSC[C@@H](C(=O)O)CC(=O)[C@H](Cc2ccccc2)CC1=O. The highest BCUT2D eigenvalue weighted by Gasteiger charge is 2.42. The number of rotatable bonds is 16. The first-order valence-corrected chi connectivity index (χ1v) is 35.3. The minimum Gasteiger partial charge on any atom is -0.508 e. The summed E-state index contributed by atoms with van der Waals surface area (Å²) in [6.07, 6.45) is -3.50. The normalized spacial score (nSPS) is 25.1. The zero-order valence-corrected chi connectivity index (χ0v) is 54.3. The van der Waals surface area contributed by atoms with E-state index in [2.05, 4.69) is 16.0 Å². The third-order valence-corrected chi connectivity index (χ3v) is 22.8. The number of carbonyl (C=O) groups is 10. The molecular weight excluding hydrogens is 1240 g/mol. The van der Waals surface area contributed by atoms with E-state index in [4.69, 9.17) is 5.73 Å².